The van der Waals surface area contributed by atoms with E-state index in [4.69, 9.17) is 4.74 Å². The maximum atomic E-state index is 12.7. The summed E-state index contributed by atoms with van der Waals surface area (Å²) in [7, 11) is -2.31. The first-order valence-corrected chi connectivity index (χ1v) is 9.77. The third kappa shape index (κ3) is 4.76. The molecule has 0 unspecified atom stereocenters. The highest BCUT2D eigenvalue weighted by atomic mass is 32.2. The fourth-order valence-corrected chi connectivity index (χ4v) is 3.55. The molecule has 0 saturated carbocycles. The van der Waals surface area contributed by atoms with Gasteiger partial charge < -0.3 is 10.1 Å². The zero-order valence-corrected chi connectivity index (χ0v) is 16.2. The van der Waals surface area contributed by atoms with Crippen LogP contribution < -0.4 is 14.8 Å². The Morgan fingerprint density at radius 1 is 1.15 bits per heavy atom. The van der Waals surface area contributed by atoms with Gasteiger partial charge in [-0.2, -0.15) is 0 Å². The van der Waals surface area contributed by atoms with Gasteiger partial charge in [-0.05, 0) is 48.7 Å². The third-order valence-corrected chi connectivity index (χ3v) is 5.13. The molecule has 2 rings (SSSR count). The zero-order chi connectivity index (χ0) is 19.3. The van der Waals surface area contributed by atoms with Gasteiger partial charge in [-0.3, -0.25) is 9.52 Å². The molecule has 7 heteroatoms. The highest BCUT2D eigenvalue weighted by molar-refractivity contribution is 7.92. The average molecular weight is 376 g/mol. The summed E-state index contributed by atoms with van der Waals surface area (Å²) < 4.78 is 33.1. The minimum Gasteiger partial charge on any atom is -0.496 e. The third-order valence-electron chi connectivity index (χ3n) is 3.76. The van der Waals surface area contributed by atoms with Crippen LogP contribution in [0.3, 0.4) is 0 Å². The molecule has 2 aromatic carbocycles. The molecule has 0 radical (unpaired) electrons. The van der Waals surface area contributed by atoms with E-state index in [-0.39, 0.29) is 22.1 Å². The summed E-state index contributed by atoms with van der Waals surface area (Å²) in [6, 6.07) is 11.1. The number of nitrogens with one attached hydrogen (secondary N) is 2. The van der Waals surface area contributed by atoms with Crippen LogP contribution in [-0.2, 0) is 10.0 Å². The van der Waals surface area contributed by atoms with E-state index in [1.54, 1.807) is 37.3 Å². The molecule has 0 atom stereocenters. The molecule has 2 aromatic rings. The molecule has 0 heterocycles. The molecule has 0 aromatic heterocycles. The summed E-state index contributed by atoms with van der Waals surface area (Å²) in [4.78, 5) is 12.5. The van der Waals surface area contributed by atoms with Crippen molar-refractivity contribution in [3.05, 3.63) is 53.6 Å². The van der Waals surface area contributed by atoms with E-state index in [1.165, 1.54) is 19.2 Å². The molecule has 0 bridgehead atoms. The fraction of sp³-hybridized carbons (Fsp3) is 0.316. The molecule has 0 aliphatic heterocycles. The van der Waals surface area contributed by atoms with Crippen molar-refractivity contribution in [1.82, 2.24) is 5.32 Å². The number of benzene rings is 2. The summed E-state index contributed by atoms with van der Waals surface area (Å²) >= 11 is 0. The number of carbonyl (C=O) groups excluding carboxylic acids is 1. The van der Waals surface area contributed by atoms with E-state index < -0.39 is 10.0 Å². The monoisotopic (exact) mass is 376 g/mol. The van der Waals surface area contributed by atoms with Crippen LogP contribution in [0.2, 0.25) is 0 Å². The van der Waals surface area contributed by atoms with Crippen LogP contribution in [0, 0.1) is 12.8 Å². The number of hydrogen-bond donors (Lipinski definition) is 2. The number of para-hydroxylation sites is 1. The molecule has 0 aliphatic rings. The predicted molar refractivity (Wildman–Crippen MR) is 102 cm³/mol. The van der Waals surface area contributed by atoms with Gasteiger partial charge in [0.1, 0.15) is 5.75 Å². The lowest BCUT2D eigenvalue weighted by atomic mass is 10.1. The van der Waals surface area contributed by atoms with E-state index in [0.717, 1.165) is 0 Å². The van der Waals surface area contributed by atoms with Gasteiger partial charge in [-0.15, -0.1) is 0 Å². The Balaban J connectivity index is 2.30. The van der Waals surface area contributed by atoms with Crippen molar-refractivity contribution >= 4 is 21.6 Å². The molecule has 0 fully saturated rings. The molecule has 6 nitrogen and oxygen atoms in total. The number of hydrogen-bond acceptors (Lipinski definition) is 4. The maximum absolute atomic E-state index is 12.7. The van der Waals surface area contributed by atoms with Gasteiger partial charge in [-0.25, -0.2) is 8.42 Å². The lowest BCUT2D eigenvalue weighted by molar-refractivity contribution is 0.0950. The number of aryl methyl sites for hydroxylation is 1. The van der Waals surface area contributed by atoms with Crippen LogP contribution in [0.1, 0.15) is 29.8 Å². The van der Waals surface area contributed by atoms with Crippen LogP contribution in [0.4, 0.5) is 5.69 Å². The van der Waals surface area contributed by atoms with Crippen molar-refractivity contribution < 1.29 is 17.9 Å². The number of rotatable bonds is 7. The standard InChI is InChI=1S/C19H24N2O4S/c1-13(2)12-20-19(22)16-7-5-6-8-17(16)21-26(23,24)15-9-10-18(25-4)14(3)11-15/h5-11,13,21H,12H2,1-4H3,(H,20,22). The zero-order valence-electron chi connectivity index (χ0n) is 15.4. The van der Waals surface area contributed by atoms with E-state index in [1.807, 2.05) is 13.8 Å². The number of ether oxygens (including phenoxy) is 1. The van der Waals surface area contributed by atoms with Crippen molar-refractivity contribution in [2.75, 3.05) is 18.4 Å². The van der Waals surface area contributed by atoms with Crippen molar-refractivity contribution in [3.8, 4) is 5.75 Å². The SMILES string of the molecule is COc1ccc(S(=O)(=O)Nc2ccccc2C(=O)NCC(C)C)cc1C. The normalized spacial score (nSPS) is 11.3. The summed E-state index contributed by atoms with van der Waals surface area (Å²) in [6.07, 6.45) is 0. The minimum absolute atomic E-state index is 0.105. The van der Waals surface area contributed by atoms with Gasteiger partial charge in [0, 0.05) is 6.54 Å². The molecular formula is C19H24N2O4S. The first kappa shape index (κ1) is 19.8. The quantitative estimate of drug-likeness (QED) is 0.777. The van der Waals surface area contributed by atoms with Crippen LogP contribution in [0.15, 0.2) is 47.4 Å². The van der Waals surface area contributed by atoms with E-state index in [2.05, 4.69) is 10.0 Å². The van der Waals surface area contributed by atoms with E-state index >= 15 is 0 Å². The highest BCUT2D eigenvalue weighted by Crippen LogP contribution is 2.24. The van der Waals surface area contributed by atoms with Crippen molar-refractivity contribution in [2.45, 2.75) is 25.7 Å². The molecule has 26 heavy (non-hydrogen) atoms. The van der Waals surface area contributed by atoms with E-state index in [9.17, 15) is 13.2 Å². The summed E-state index contributed by atoms with van der Waals surface area (Å²) in [5.41, 5.74) is 1.22. The van der Waals surface area contributed by atoms with Gasteiger partial charge in [0.15, 0.2) is 0 Å². The van der Waals surface area contributed by atoms with Crippen molar-refractivity contribution in [2.24, 2.45) is 5.92 Å². The fourth-order valence-electron chi connectivity index (χ4n) is 2.38. The number of anilines is 1. The smallest absolute Gasteiger partial charge is 0.261 e. The van der Waals surface area contributed by atoms with E-state index in [0.29, 0.717) is 23.8 Å². The second-order valence-electron chi connectivity index (χ2n) is 6.39. The first-order valence-electron chi connectivity index (χ1n) is 8.29. The van der Waals surface area contributed by atoms with Crippen molar-refractivity contribution in [3.63, 3.8) is 0 Å². The molecule has 0 spiro atoms. The second-order valence-corrected chi connectivity index (χ2v) is 8.07. The summed E-state index contributed by atoms with van der Waals surface area (Å²) in [5.74, 6) is 0.588. The summed E-state index contributed by atoms with van der Waals surface area (Å²) in [6.45, 7) is 6.25. The van der Waals surface area contributed by atoms with Gasteiger partial charge in [0.25, 0.3) is 15.9 Å². The Hall–Kier alpha value is -2.54. The number of sulfonamides is 1. The van der Waals surface area contributed by atoms with Crippen LogP contribution in [-0.4, -0.2) is 28.0 Å². The second kappa shape index (κ2) is 8.23. The Morgan fingerprint density at radius 3 is 2.46 bits per heavy atom. The number of amides is 1. The van der Waals surface area contributed by atoms with Gasteiger partial charge in [0.2, 0.25) is 0 Å². The van der Waals surface area contributed by atoms with Crippen LogP contribution >= 0.6 is 0 Å². The topological polar surface area (TPSA) is 84.5 Å². The largest absolute Gasteiger partial charge is 0.496 e. The maximum Gasteiger partial charge on any atom is 0.261 e. The van der Waals surface area contributed by atoms with Crippen LogP contribution in [0.25, 0.3) is 0 Å². The van der Waals surface area contributed by atoms with Crippen molar-refractivity contribution in [1.29, 1.82) is 0 Å². The lowest BCUT2D eigenvalue weighted by Gasteiger charge is -2.14. The van der Waals surface area contributed by atoms with Gasteiger partial charge in [0.05, 0.1) is 23.3 Å². The minimum atomic E-state index is -3.83. The highest BCUT2D eigenvalue weighted by Gasteiger charge is 2.19. The number of carbonyl (C=O) groups is 1. The lowest BCUT2D eigenvalue weighted by Crippen LogP contribution is -2.28. The average Bonchev–Trinajstić information content (AvgIpc) is 2.59. The predicted octanol–water partition coefficient (Wildman–Crippen LogP) is 3.19. The Morgan fingerprint density at radius 2 is 1.85 bits per heavy atom. The Bertz CT molecular complexity index is 892. The van der Waals surface area contributed by atoms with Gasteiger partial charge in [-0.1, -0.05) is 26.0 Å². The molecule has 2 N–H and O–H groups in total. The molecule has 1 amide bonds. The first-order chi connectivity index (χ1) is 12.2. The Kier molecular flexibility index (Phi) is 6.26. The molecular weight excluding hydrogens is 352 g/mol. The Labute approximate surface area is 154 Å². The molecule has 0 saturated heterocycles. The molecule has 0 aliphatic carbocycles. The van der Waals surface area contributed by atoms with Gasteiger partial charge >= 0.3 is 0 Å². The summed E-state index contributed by atoms with van der Waals surface area (Å²) in [5, 5.41) is 2.80. The molecule has 140 valence electrons. The van der Waals surface area contributed by atoms with Crippen LogP contribution in [0.5, 0.6) is 5.75 Å². The number of methoxy groups -OCH3 is 1.